The highest BCUT2D eigenvalue weighted by molar-refractivity contribution is 5.42. The van der Waals surface area contributed by atoms with Crippen molar-refractivity contribution in [3.05, 3.63) is 42.2 Å². The minimum absolute atomic E-state index is 0.0184. The molecule has 0 unspecified atom stereocenters. The topological polar surface area (TPSA) is 39.1 Å². The van der Waals surface area contributed by atoms with Crippen molar-refractivity contribution < 1.29 is 17.9 Å². The monoisotopic (exact) mass is 299 g/mol. The molecule has 0 fully saturated rings. The van der Waals surface area contributed by atoms with Gasteiger partial charge in [0, 0.05) is 0 Å². The van der Waals surface area contributed by atoms with Crippen molar-refractivity contribution in [1.82, 2.24) is 15.1 Å². The quantitative estimate of drug-likeness (QED) is 0.834. The normalized spacial score (nSPS) is 11.6. The first-order valence-corrected chi connectivity index (χ1v) is 6.51. The third-order valence-corrected chi connectivity index (χ3v) is 2.86. The lowest BCUT2D eigenvalue weighted by Gasteiger charge is -2.12. The first-order chi connectivity index (χ1) is 10.0. The molecule has 114 valence electrons. The van der Waals surface area contributed by atoms with Crippen molar-refractivity contribution >= 4 is 0 Å². The van der Waals surface area contributed by atoms with Crippen LogP contribution in [0.15, 0.2) is 36.7 Å². The maximum absolute atomic E-state index is 12.9. The minimum Gasteiger partial charge on any atom is -0.490 e. The van der Waals surface area contributed by atoms with Gasteiger partial charge in [-0.05, 0) is 32.1 Å². The van der Waals surface area contributed by atoms with E-state index in [-0.39, 0.29) is 5.69 Å². The number of alkyl halides is 3. The molecule has 1 heterocycles. The Bertz CT molecular complexity index is 581. The molecule has 0 atom stereocenters. The second-order valence-electron chi connectivity index (χ2n) is 4.44. The third kappa shape index (κ3) is 3.98. The Morgan fingerprint density at radius 3 is 2.76 bits per heavy atom. The summed E-state index contributed by atoms with van der Waals surface area (Å²) >= 11 is 0. The molecule has 0 radical (unpaired) electrons. The highest BCUT2D eigenvalue weighted by Gasteiger charge is 2.33. The summed E-state index contributed by atoms with van der Waals surface area (Å²) in [5.41, 5.74) is -0.745. The lowest BCUT2D eigenvalue weighted by Crippen LogP contribution is -2.11. The van der Waals surface area contributed by atoms with Crippen LogP contribution in [-0.4, -0.2) is 30.0 Å². The molecule has 0 saturated carbocycles. The van der Waals surface area contributed by atoms with Crippen molar-refractivity contribution in [2.45, 2.75) is 12.6 Å². The average Bonchev–Trinajstić information content (AvgIpc) is 2.91. The standard InChI is InChI=1S/C14H16F3N3O/c1-18-7-4-8-21-11-9-19-20(10-11)13-6-3-2-5-12(13)14(15,16)17/h2-3,5-6,9-10,18H,4,7-8H2,1H3. The van der Waals surface area contributed by atoms with E-state index in [1.165, 1.54) is 29.2 Å². The Hall–Kier alpha value is -2.02. The number of aromatic nitrogens is 2. The van der Waals surface area contributed by atoms with Crippen molar-refractivity contribution in [1.29, 1.82) is 0 Å². The van der Waals surface area contributed by atoms with E-state index in [0.29, 0.717) is 12.4 Å². The van der Waals surface area contributed by atoms with E-state index in [0.717, 1.165) is 19.0 Å². The van der Waals surface area contributed by atoms with E-state index >= 15 is 0 Å². The Kier molecular flexibility index (Phi) is 4.85. The molecule has 0 aliphatic rings. The fourth-order valence-corrected chi connectivity index (χ4v) is 1.86. The van der Waals surface area contributed by atoms with Gasteiger partial charge >= 0.3 is 6.18 Å². The van der Waals surface area contributed by atoms with Gasteiger partial charge in [0.2, 0.25) is 0 Å². The van der Waals surface area contributed by atoms with E-state index in [1.807, 2.05) is 7.05 Å². The van der Waals surface area contributed by atoms with Gasteiger partial charge in [-0.1, -0.05) is 12.1 Å². The number of hydrogen-bond donors (Lipinski definition) is 1. The van der Waals surface area contributed by atoms with Crippen LogP contribution in [0.5, 0.6) is 5.75 Å². The van der Waals surface area contributed by atoms with Crippen LogP contribution >= 0.6 is 0 Å². The van der Waals surface area contributed by atoms with Crippen molar-refractivity contribution in [2.75, 3.05) is 20.2 Å². The molecule has 2 rings (SSSR count). The molecule has 7 heteroatoms. The first-order valence-electron chi connectivity index (χ1n) is 6.51. The van der Waals surface area contributed by atoms with Gasteiger partial charge in [-0.2, -0.15) is 18.3 Å². The van der Waals surface area contributed by atoms with E-state index < -0.39 is 11.7 Å². The summed E-state index contributed by atoms with van der Waals surface area (Å²) in [6.45, 7) is 1.29. The molecule has 21 heavy (non-hydrogen) atoms. The smallest absolute Gasteiger partial charge is 0.418 e. The summed E-state index contributed by atoms with van der Waals surface area (Å²) in [4.78, 5) is 0. The Morgan fingerprint density at radius 2 is 2.05 bits per heavy atom. The van der Waals surface area contributed by atoms with E-state index in [1.54, 1.807) is 6.07 Å². The SMILES string of the molecule is CNCCCOc1cnn(-c2ccccc2C(F)(F)F)c1. The molecule has 4 nitrogen and oxygen atoms in total. The highest BCUT2D eigenvalue weighted by Crippen LogP contribution is 2.33. The molecule has 0 aliphatic carbocycles. The molecule has 1 aromatic carbocycles. The predicted octanol–water partition coefficient (Wildman–Crippen LogP) is 2.88. The second kappa shape index (κ2) is 6.62. The maximum atomic E-state index is 12.9. The lowest BCUT2D eigenvalue weighted by molar-refractivity contribution is -0.137. The molecule has 0 spiro atoms. The number of benzene rings is 1. The number of rotatable bonds is 6. The Labute approximate surface area is 120 Å². The maximum Gasteiger partial charge on any atom is 0.418 e. The molecule has 0 amide bonds. The lowest BCUT2D eigenvalue weighted by atomic mass is 10.2. The molecule has 0 bridgehead atoms. The van der Waals surface area contributed by atoms with Crippen molar-refractivity contribution in [3.63, 3.8) is 0 Å². The molecule has 1 N–H and O–H groups in total. The summed E-state index contributed by atoms with van der Waals surface area (Å²) < 4.78 is 45.5. The molecule has 1 aromatic heterocycles. The fourth-order valence-electron chi connectivity index (χ4n) is 1.86. The molecular weight excluding hydrogens is 283 g/mol. The van der Waals surface area contributed by atoms with E-state index in [4.69, 9.17) is 4.74 Å². The Balaban J connectivity index is 2.15. The van der Waals surface area contributed by atoms with Gasteiger partial charge < -0.3 is 10.1 Å². The predicted molar refractivity (Wildman–Crippen MR) is 72.6 cm³/mol. The van der Waals surface area contributed by atoms with Crippen LogP contribution in [-0.2, 0) is 6.18 Å². The first kappa shape index (κ1) is 15.4. The van der Waals surface area contributed by atoms with Gasteiger partial charge in [0.05, 0.1) is 30.3 Å². The molecule has 0 saturated heterocycles. The van der Waals surface area contributed by atoms with Crippen molar-refractivity contribution in [2.24, 2.45) is 0 Å². The van der Waals surface area contributed by atoms with Gasteiger partial charge in [0.15, 0.2) is 5.75 Å². The highest BCUT2D eigenvalue weighted by atomic mass is 19.4. The number of ether oxygens (including phenoxy) is 1. The zero-order valence-electron chi connectivity index (χ0n) is 11.5. The van der Waals surface area contributed by atoms with Crippen LogP contribution in [0.25, 0.3) is 5.69 Å². The number of nitrogens with zero attached hydrogens (tertiary/aromatic N) is 2. The van der Waals surface area contributed by atoms with Gasteiger partial charge in [-0.15, -0.1) is 0 Å². The van der Waals surface area contributed by atoms with Gasteiger partial charge in [-0.3, -0.25) is 0 Å². The summed E-state index contributed by atoms with van der Waals surface area (Å²) in [5.74, 6) is 0.447. The van der Waals surface area contributed by atoms with Gasteiger partial charge in [0.1, 0.15) is 0 Å². The summed E-state index contributed by atoms with van der Waals surface area (Å²) in [5, 5.41) is 6.92. The zero-order chi connectivity index (χ0) is 15.3. The van der Waals surface area contributed by atoms with E-state index in [2.05, 4.69) is 10.4 Å². The average molecular weight is 299 g/mol. The minimum atomic E-state index is -4.42. The number of nitrogens with one attached hydrogen (secondary N) is 1. The van der Waals surface area contributed by atoms with Crippen LogP contribution in [0, 0.1) is 0 Å². The van der Waals surface area contributed by atoms with Crippen LogP contribution in [0.4, 0.5) is 13.2 Å². The third-order valence-electron chi connectivity index (χ3n) is 2.86. The van der Waals surface area contributed by atoms with Crippen LogP contribution < -0.4 is 10.1 Å². The van der Waals surface area contributed by atoms with Crippen LogP contribution in [0.1, 0.15) is 12.0 Å². The fraction of sp³-hybridized carbons (Fsp3) is 0.357. The van der Waals surface area contributed by atoms with Gasteiger partial charge in [0.25, 0.3) is 0 Å². The summed E-state index contributed by atoms with van der Waals surface area (Å²) in [6, 6.07) is 5.30. The Morgan fingerprint density at radius 1 is 1.29 bits per heavy atom. The molecular formula is C14H16F3N3O. The second-order valence-corrected chi connectivity index (χ2v) is 4.44. The zero-order valence-corrected chi connectivity index (χ0v) is 11.5. The van der Waals surface area contributed by atoms with Crippen molar-refractivity contribution in [3.8, 4) is 11.4 Å². The number of para-hydroxylation sites is 1. The van der Waals surface area contributed by atoms with Crippen LogP contribution in [0.3, 0.4) is 0 Å². The van der Waals surface area contributed by atoms with E-state index in [9.17, 15) is 13.2 Å². The molecule has 2 aromatic rings. The summed E-state index contributed by atoms with van der Waals surface area (Å²) in [7, 11) is 1.84. The molecule has 0 aliphatic heterocycles. The number of hydrogen-bond acceptors (Lipinski definition) is 3. The van der Waals surface area contributed by atoms with Crippen LogP contribution in [0.2, 0.25) is 0 Å². The number of halogens is 3. The largest absolute Gasteiger partial charge is 0.490 e. The summed E-state index contributed by atoms with van der Waals surface area (Å²) in [6.07, 6.45) is -0.756. The van der Waals surface area contributed by atoms with Gasteiger partial charge in [-0.25, -0.2) is 4.68 Å².